The molecule has 2 aliphatic rings. The van der Waals surface area contributed by atoms with Crippen molar-refractivity contribution in [3.8, 4) is 5.75 Å². The molecular weight excluding hydrogens is 486 g/mol. The van der Waals surface area contributed by atoms with E-state index in [9.17, 15) is 27.2 Å². The van der Waals surface area contributed by atoms with Gasteiger partial charge >= 0.3 is 6.36 Å². The first-order valence-corrected chi connectivity index (χ1v) is 11.6. The van der Waals surface area contributed by atoms with Crippen LogP contribution in [0.25, 0.3) is 0 Å². The molecule has 4 rings (SSSR count). The van der Waals surface area contributed by atoms with Crippen molar-refractivity contribution < 1.29 is 31.9 Å². The smallest absolute Gasteiger partial charge is 0.406 e. The van der Waals surface area contributed by atoms with Crippen molar-refractivity contribution in [1.82, 2.24) is 10.2 Å². The van der Waals surface area contributed by atoms with Gasteiger partial charge in [-0.15, -0.1) is 24.9 Å². The number of nitrogens with two attached hydrogens (primary N) is 1. The summed E-state index contributed by atoms with van der Waals surface area (Å²) in [5.74, 6) is -0.945. The lowest BCUT2D eigenvalue weighted by molar-refractivity contribution is -0.274. The monoisotopic (exact) mass is 507 g/mol. The highest BCUT2D eigenvalue weighted by molar-refractivity contribution is 8.03. The van der Waals surface area contributed by atoms with Crippen LogP contribution in [0.5, 0.6) is 5.75 Å². The summed E-state index contributed by atoms with van der Waals surface area (Å²) < 4.78 is 54.3. The van der Waals surface area contributed by atoms with Crippen molar-refractivity contribution >= 4 is 23.5 Å². The van der Waals surface area contributed by atoms with Crippen LogP contribution in [-0.4, -0.2) is 40.8 Å². The Kier molecular flexibility index (Phi) is 7.18. The Morgan fingerprint density at radius 1 is 1.11 bits per heavy atom. The van der Waals surface area contributed by atoms with Crippen LogP contribution in [0.15, 0.2) is 71.3 Å². The summed E-state index contributed by atoms with van der Waals surface area (Å²) in [7, 11) is 0. The predicted octanol–water partition coefficient (Wildman–Crippen LogP) is 3.64. The number of fused-ring (bicyclic) bond motifs is 1. The van der Waals surface area contributed by atoms with Crippen molar-refractivity contribution in [2.45, 2.75) is 31.5 Å². The normalized spacial score (nSPS) is 20.0. The second-order valence-electron chi connectivity index (χ2n) is 8.03. The second kappa shape index (κ2) is 10.1. The van der Waals surface area contributed by atoms with Crippen LogP contribution in [0.3, 0.4) is 0 Å². The lowest BCUT2D eigenvalue weighted by Crippen LogP contribution is -2.52. The molecule has 6 nitrogen and oxygen atoms in total. The molecule has 1 unspecified atom stereocenters. The molecule has 0 spiro atoms. The molecule has 1 fully saturated rings. The standard InChI is InChI=1S/C24H21F4N3O3S/c25-17-5-1-14(2-6-17)10-30-23(33)16-9-20-21(22(32)19(29)13-35-20)31(12-16)11-15-3-7-18(8-4-15)34-24(26,27)28/h1-9,12,19,21H,10-11,13,29H2,(H,30,33)/t19-,21?/m0/s1. The average Bonchev–Trinajstić information content (AvgIpc) is 2.81. The number of hydrogen-bond acceptors (Lipinski definition) is 6. The zero-order chi connectivity index (χ0) is 25.2. The van der Waals surface area contributed by atoms with Crippen molar-refractivity contribution in [3.63, 3.8) is 0 Å². The molecule has 2 aromatic carbocycles. The number of nitrogens with zero attached hydrogens (tertiary/aromatic N) is 1. The molecule has 184 valence electrons. The minimum atomic E-state index is -4.80. The second-order valence-corrected chi connectivity index (χ2v) is 9.12. The maximum Gasteiger partial charge on any atom is 0.573 e. The summed E-state index contributed by atoms with van der Waals surface area (Å²) in [4.78, 5) is 28.1. The molecular formula is C24H21F4N3O3S. The van der Waals surface area contributed by atoms with Crippen LogP contribution >= 0.6 is 11.8 Å². The lowest BCUT2D eigenvalue weighted by Gasteiger charge is -2.39. The summed E-state index contributed by atoms with van der Waals surface area (Å²) in [6.45, 7) is 0.336. The van der Waals surface area contributed by atoms with Crippen LogP contribution in [-0.2, 0) is 22.7 Å². The Morgan fingerprint density at radius 3 is 2.43 bits per heavy atom. The third kappa shape index (κ3) is 6.23. The molecule has 1 amide bonds. The minimum Gasteiger partial charge on any atom is -0.406 e. The molecule has 2 aliphatic heterocycles. The van der Waals surface area contributed by atoms with Crippen LogP contribution in [0.2, 0.25) is 0 Å². The number of amides is 1. The first-order valence-electron chi connectivity index (χ1n) is 10.6. The van der Waals surface area contributed by atoms with Crippen molar-refractivity contribution in [3.05, 3.63) is 88.2 Å². The number of benzene rings is 2. The largest absolute Gasteiger partial charge is 0.573 e. The van der Waals surface area contributed by atoms with Gasteiger partial charge in [-0.2, -0.15) is 0 Å². The van der Waals surface area contributed by atoms with Crippen LogP contribution < -0.4 is 15.8 Å². The Morgan fingerprint density at radius 2 is 1.77 bits per heavy atom. The highest BCUT2D eigenvalue weighted by Crippen LogP contribution is 2.36. The molecule has 3 N–H and O–H groups in total. The predicted molar refractivity (Wildman–Crippen MR) is 122 cm³/mol. The van der Waals surface area contributed by atoms with E-state index in [0.29, 0.717) is 27.4 Å². The van der Waals surface area contributed by atoms with E-state index in [2.05, 4.69) is 10.1 Å². The number of halogens is 4. The number of thioether (sulfide) groups is 1. The van der Waals surface area contributed by atoms with Crippen LogP contribution in [0.4, 0.5) is 17.6 Å². The topological polar surface area (TPSA) is 84.7 Å². The highest BCUT2D eigenvalue weighted by Gasteiger charge is 2.39. The van der Waals surface area contributed by atoms with E-state index in [-0.39, 0.29) is 36.3 Å². The number of nitrogens with one attached hydrogen (secondary N) is 1. The lowest BCUT2D eigenvalue weighted by atomic mass is 9.98. The van der Waals surface area contributed by atoms with Crippen molar-refractivity contribution in [2.75, 3.05) is 5.75 Å². The number of alkyl halides is 3. The van der Waals surface area contributed by atoms with E-state index < -0.39 is 18.4 Å². The number of Topliss-reactive ketones (excluding diaryl/α,β-unsaturated/α-hetero) is 1. The minimum absolute atomic E-state index is 0.155. The summed E-state index contributed by atoms with van der Waals surface area (Å²) in [5.41, 5.74) is 7.60. The highest BCUT2D eigenvalue weighted by atomic mass is 32.2. The van der Waals surface area contributed by atoms with Gasteiger partial charge in [0.2, 0.25) is 0 Å². The third-order valence-corrected chi connectivity index (χ3v) is 6.62. The maximum absolute atomic E-state index is 13.1. The zero-order valence-corrected chi connectivity index (χ0v) is 19.0. The average molecular weight is 508 g/mol. The molecule has 0 aliphatic carbocycles. The quantitative estimate of drug-likeness (QED) is 0.581. The fourth-order valence-electron chi connectivity index (χ4n) is 3.74. The van der Waals surface area contributed by atoms with Gasteiger partial charge in [0.15, 0.2) is 5.78 Å². The van der Waals surface area contributed by atoms with E-state index in [1.807, 2.05) is 0 Å². The van der Waals surface area contributed by atoms with E-state index >= 15 is 0 Å². The van der Waals surface area contributed by atoms with Crippen molar-refractivity contribution in [2.24, 2.45) is 5.73 Å². The van der Waals surface area contributed by atoms with Gasteiger partial charge in [-0.05, 0) is 41.5 Å². The molecule has 0 radical (unpaired) electrons. The summed E-state index contributed by atoms with van der Waals surface area (Å²) in [5, 5.41) is 2.77. The molecule has 0 saturated carbocycles. The number of ketones is 1. The third-order valence-electron chi connectivity index (χ3n) is 5.42. The Bertz CT molecular complexity index is 1160. The molecule has 2 heterocycles. The van der Waals surface area contributed by atoms with Gasteiger partial charge < -0.3 is 20.7 Å². The van der Waals surface area contributed by atoms with Gasteiger partial charge in [0, 0.05) is 29.9 Å². The first kappa shape index (κ1) is 24.8. The summed E-state index contributed by atoms with van der Waals surface area (Å²) in [6, 6.07) is 9.66. The molecule has 0 aromatic heterocycles. The van der Waals surface area contributed by atoms with E-state index in [1.54, 1.807) is 29.3 Å². The Labute approximate surface area is 202 Å². The van der Waals surface area contributed by atoms with E-state index in [4.69, 9.17) is 5.73 Å². The maximum atomic E-state index is 13.1. The summed E-state index contributed by atoms with van der Waals surface area (Å²) in [6.07, 6.45) is -1.60. The van der Waals surface area contributed by atoms with Crippen LogP contribution in [0, 0.1) is 5.82 Å². The molecule has 2 aromatic rings. The van der Waals surface area contributed by atoms with Gasteiger partial charge in [0.1, 0.15) is 17.6 Å². The molecule has 1 saturated heterocycles. The Balaban J connectivity index is 1.53. The molecule has 0 bridgehead atoms. The zero-order valence-electron chi connectivity index (χ0n) is 18.2. The number of rotatable bonds is 6. The van der Waals surface area contributed by atoms with Gasteiger partial charge in [0.05, 0.1) is 11.6 Å². The Hall–Kier alpha value is -3.31. The number of ether oxygens (including phenoxy) is 1. The van der Waals surface area contributed by atoms with Gasteiger partial charge in [-0.25, -0.2) is 4.39 Å². The fraction of sp³-hybridized carbons (Fsp3) is 0.250. The molecule has 11 heteroatoms. The summed E-state index contributed by atoms with van der Waals surface area (Å²) >= 11 is 1.39. The molecule has 35 heavy (non-hydrogen) atoms. The van der Waals surface area contributed by atoms with Crippen molar-refractivity contribution in [1.29, 1.82) is 0 Å². The van der Waals surface area contributed by atoms with E-state index in [0.717, 1.165) is 0 Å². The fourth-order valence-corrected chi connectivity index (χ4v) is 4.89. The number of carbonyl (C=O) groups is 2. The first-order chi connectivity index (χ1) is 16.6. The van der Waals surface area contributed by atoms with Gasteiger partial charge in [-0.1, -0.05) is 24.3 Å². The van der Waals surface area contributed by atoms with Crippen LogP contribution in [0.1, 0.15) is 11.1 Å². The van der Waals surface area contributed by atoms with Gasteiger partial charge in [0.25, 0.3) is 5.91 Å². The number of hydrogen-bond donors (Lipinski definition) is 2. The SMILES string of the molecule is N[C@H]1CSC2=CC(C(=O)NCc3ccc(F)cc3)=CN(Cc3ccc(OC(F)(F)F)cc3)C2C1=O. The van der Waals surface area contributed by atoms with E-state index in [1.165, 1.54) is 48.2 Å². The van der Waals surface area contributed by atoms with Gasteiger partial charge in [-0.3, -0.25) is 9.59 Å². The number of carbonyl (C=O) groups excluding carboxylic acids is 2. The molecule has 2 atom stereocenters.